The fourth-order valence-electron chi connectivity index (χ4n) is 3.11. The quantitative estimate of drug-likeness (QED) is 0.247. The van der Waals surface area contributed by atoms with Crippen molar-refractivity contribution in [2.45, 2.75) is 71.1 Å². The molecule has 0 aromatic carbocycles. The van der Waals surface area contributed by atoms with Gasteiger partial charge in [0.05, 0.1) is 26.2 Å². The minimum absolute atomic E-state index is 0. The molecule has 0 rings (SSSR count). The number of carbonyl (C=O) groups excluding carboxylic acids is 1. The van der Waals surface area contributed by atoms with E-state index in [1.165, 1.54) is 44.9 Å². The Morgan fingerprint density at radius 1 is 0.708 bits per heavy atom. The van der Waals surface area contributed by atoms with E-state index >= 15 is 0 Å². The lowest BCUT2D eigenvalue weighted by Crippen LogP contribution is -3.00. The largest absolute Gasteiger partial charge is 1.00 e. The zero-order valence-electron chi connectivity index (χ0n) is 15.4. The topological polar surface area (TPSA) is 77.8 Å². The number of hydrogen-bond donors (Lipinski definition) is 3. The molecular weight excluding hydrogens is 330 g/mol. The van der Waals surface area contributed by atoms with Crippen LogP contribution in [0.15, 0.2) is 0 Å². The van der Waals surface area contributed by atoms with Crippen LogP contribution < -0.4 is 12.4 Å². The molecule has 146 valence electrons. The summed E-state index contributed by atoms with van der Waals surface area (Å²) in [4.78, 5) is 12.5. The van der Waals surface area contributed by atoms with Crippen LogP contribution >= 0.6 is 0 Å². The molecule has 1 amide bonds. The summed E-state index contributed by atoms with van der Waals surface area (Å²) in [6.07, 6.45) is 11.3. The van der Waals surface area contributed by atoms with Gasteiger partial charge in [0.1, 0.15) is 19.6 Å². The molecule has 0 aromatic rings. The average molecular weight is 368 g/mol. The first-order valence-corrected chi connectivity index (χ1v) is 9.39. The summed E-state index contributed by atoms with van der Waals surface area (Å²) in [5.41, 5.74) is 0. The van der Waals surface area contributed by atoms with Crippen LogP contribution in [0.4, 0.5) is 0 Å². The number of amides is 1. The Labute approximate surface area is 154 Å². The van der Waals surface area contributed by atoms with E-state index in [4.69, 9.17) is 0 Å². The van der Waals surface area contributed by atoms with E-state index in [1.54, 1.807) is 0 Å². The molecule has 0 spiro atoms. The van der Waals surface area contributed by atoms with Crippen molar-refractivity contribution in [3.63, 3.8) is 0 Å². The van der Waals surface area contributed by atoms with E-state index in [1.807, 2.05) is 0 Å². The molecule has 0 heterocycles. The molecule has 5 nitrogen and oxygen atoms in total. The molecule has 0 unspecified atom stereocenters. The highest BCUT2D eigenvalue weighted by atomic mass is 35.5. The molecule has 0 bridgehead atoms. The van der Waals surface area contributed by atoms with Gasteiger partial charge in [0.15, 0.2) is 0 Å². The predicted octanol–water partition coefficient (Wildman–Crippen LogP) is -0.768. The number of halogens is 1. The number of aliphatic hydroxyl groups is 3. The first-order chi connectivity index (χ1) is 11.2. The van der Waals surface area contributed by atoms with Crippen LogP contribution in [0.2, 0.25) is 0 Å². The summed E-state index contributed by atoms with van der Waals surface area (Å²) >= 11 is 0. The minimum Gasteiger partial charge on any atom is -1.00 e. The normalized spacial score (nSPS) is 11.3. The second kappa shape index (κ2) is 17.6. The van der Waals surface area contributed by atoms with E-state index in [-0.39, 0.29) is 62.3 Å². The molecular formula is C18H38ClNO4. The van der Waals surface area contributed by atoms with Gasteiger partial charge in [0, 0.05) is 0 Å². The van der Waals surface area contributed by atoms with E-state index in [0.29, 0.717) is 6.42 Å². The number of unbranched alkanes of at least 4 members (excludes halogenated alkanes) is 8. The summed E-state index contributed by atoms with van der Waals surface area (Å²) in [5, 5.41) is 27.6. The number of nitrogens with zero attached hydrogens (tertiary/aromatic N) is 1. The highest BCUT2D eigenvalue weighted by Gasteiger charge is 2.34. The van der Waals surface area contributed by atoms with Crippen molar-refractivity contribution in [3.8, 4) is 0 Å². The third-order valence-electron chi connectivity index (χ3n) is 4.61. The lowest BCUT2D eigenvalue weighted by atomic mass is 10.1. The maximum Gasteiger partial charge on any atom is 0.313 e. The van der Waals surface area contributed by atoms with Crippen LogP contribution in [-0.2, 0) is 4.79 Å². The van der Waals surface area contributed by atoms with Gasteiger partial charge in [0.2, 0.25) is 0 Å². The molecule has 0 aromatic heterocycles. The Bertz CT molecular complexity index is 273. The predicted molar refractivity (Wildman–Crippen MR) is 93.0 cm³/mol. The molecule has 0 saturated carbocycles. The van der Waals surface area contributed by atoms with E-state index < -0.39 is 0 Å². The van der Waals surface area contributed by atoms with Gasteiger partial charge in [-0.2, -0.15) is 0 Å². The standard InChI is InChI=1S/C18H38NO4.ClH/c1-2-3-4-5-6-7-8-9-10-11-18(23)19(12-15-20,13-16-21)14-17-22;/h20-22H,2-17H2,1H3;1H/q+1;/p-1. The molecule has 24 heavy (non-hydrogen) atoms. The Morgan fingerprint density at radius 2 is 1.08 bits per heavy atom. The average Bonchev–Trinajstić information content (AvgIpc) is 2.53. The summed E-state index contributed by atoms with van der Waals surface area (Å²) in [6, 6.07) is 0. The van der Waals surface area contributed by atoms with Crippen LogP contribution in [0.1, 0.15) is 71.1 Å². The molecule has 0 aliphatic carbocycles. The van der Waals surface area contributed by atoms with Gasteiger partial charge in [0.25, 0.3) is 0 Å². The van der Waals surface area contributed by atoms with Gasteiger partial charge in [-0.3, -0.25) is 4.48 Å². The summed E-state index contributed by atoms with van der Waals surface area (Å²) < 4.78 is 0.000514. The lowest BCUT2D eigenvalue weighted by Gasteiger charge is -2.34. The van der Waals surface area contributed by atoms with Gasteiger partial charge >= 0.3 is 5.91 Å². The van der Waals surface area contributed by atoms with E-state index in [2.05, 4.69) is 6.92 Å². The van der Waals surface area contributed by atoms with Crippen molar-refractivity contribution in [2.75, 3.05) is 39.5 Å². The van der Waals surface area contributed by atoms with Crippen LogP contribution in [0, 0.1) is 0 Å². The second-order valence-electron chi connectivity index (χ2n) is 6.46. The van der Waals surface area contributed by atoms with E-state index in [9.17, 15) is 20.1 Å². The molecule has 0 aliphatic rings. The van der Waals surface area contributed by atoms with Crippen LogP contribution in [-0.4, -0.2) is 65.2 Å². The van der Waals surface area contributed by atoms with Crippen molar-refractivity contribution >= 4 is 5.91 Å². The van der Waals surface area contributed by atoms with Crippen molar-refractivity contribution in [3.05, 3.63) is 0 Å². The Hall–Kier alpha value is -0.200. The third kappa shape index (κ3) is 11.4. The lowest BCUT2D eigenvalue weighted by molar-refractivity contribution is -0.856. The minimum atomic E-state index is -0.108. The van der Waals surface area contributed by atoms with Crippen molar-refractivity contribution in [1.82, 2.24) is 0 Å². The summed E-state index contributed by atoms with van der Waals surface area (Å²) in [6.45, 7) is 2.72. The highest BCUT2D eigenvalue weighted by molar-refractivity contribution is 5.69. The van der Waals surface area contributed by atoms with Crippen LogP contribution in [0.3, 0.4) is 0 Å². The van der Waals surface area contributed by atoms with Crippen LogP contribution in [0.5, 0.6) is 0 Å². The zero-order valence-corrected chi connectivity index (χ0v) is 16.1. The molecule has 0 saturated heterocycles. The van der Waals surface area contributed by atoms with Crippen LogP contribution in [0.25, 0.3) is 0 Å². The maximum atomic E-state index is 12.5. The number of quaternary nitrogens is 1. The van der Waals surface area contributed by atoms with Gasteiger partial charge in [-0.25, -0.2) is 4.79 Å². The smallest absolute Gasteiger partial charge is 0.313 e. The Kier molecular flexibility index (Phi) is 19.1. The molecule has 6 heteroatoms. The highest BCUT2D eigenvalue weighted by Crippen LogP contribution is 2.15. The Morgan fingerprint density at radius 3 is 1.46 bits per heavy atom. The van der Waals surface area contributed by atoms with Gasteiger partial charge < -0.3 is 27.7 Å². The summed E-state index contributed by atoms with van der Waals surface area (Å²) in [7, 11) is 0. The van der Waals surface area contributed by atoms with Crippen molar-refractivity contribution in [1.29, 1.82) is 0 Å². The fourth-order valence-corrected chi connectivity index (χ4v) is 3.11. The SMILES string of the molecule is CCCCCCCCCCCC(=O)[N+](CCO)(CCO)CCO.[Cl-]. The van der Waals surface area contributed by atoms with Crippen molar-refractivity contribution in [2.24, 2.45) is 0 Å². The monoisotopic (exact) mass is 367 g/mol. The maximum absolute atomic E-state index is 12.5. The van der Waals surface area contributed by atoms with Gasteiger partial charge in [-0.15, -0.1) is 0 Å². The summed E-state index contributed by atoms with van der Waals surface area (Å²) in [5.74, 6) is 0.0325. The first-order valence-electron chi connectivity index (χ1n) is 9.39. The van der Waals surface area contributed by atoms with Gasteiger partial charge in [-0.05, 0) is 6.42 Å². The zero-order chi connectivity index (χ0) is 17.4. The molecule has 0 aliphatic heterocycles. The number of rotatable bonds is 16. The molecule has 0 radical (unpaired) electrons. The van der Waals surface area contributed by atoms with E-state index in [0.717, 1.165) is 12.8 Å². The molecule has 0 atom stereocenters. The van der Waals surface area contributed by atoms with Crippen molar-refractivity contribution < 1.29 is 37.0 Å². The first kappa shape index (κ1) is 26.0. The fraction of sp³-hybridized carbons (Fsp3) is 0.944. The molecule has 3 N–H and O–H groups in total. The second-order valence-corrected chi connectivity index (χ2v) is 6.46. The van der Waals surface area contributed by atoms with Gasteiger partial charge in [-0.1, -0.05) is 58.3 Å². The third-order valence-corrected chi connectivity index (χ3v) is 4.61. The number of carbonyl (C=O) groups is 1. The number of hydrogen-bond acceptors (Lipinski definition) is 4. The number of aliphatic hydroxyl groups excluding tert-OH is 3. The molecule has 0 fully saturated rings. The Balaban J connectivity index is 0.